The Morgan fingerprint density at radius 1 is 1.36 bits per heavy atom. The Bertz CT molecular complexity index is 788. The smallest absolute Gasteiger partial charge is 0.274 e. The number of aryl methyl sites for hydroxylation is 1. The van der Waals surface area contributed by atoms with Crippen LogP contribution < -0.4 is 14.8 Å². The van der Waals surface area contributed by atoms with Crippen LogP contribution in [-0.2, 0) is 10.2 Å². The summed E-state index contributed by atoms with van der Waals surface area (Å²) in [6.07, 6.45) is 4.06. The molecule has 22 heavy (non-hydrogen) atoms. The summed E-state index contributed by atoms with van der Waals surface area (Å²) in [5.41, 5.74) is 1.76. The van der Waals surface area contributed by atoms with Gasteiger partial charge in [0.1, 0.15) is 12.1 Å². The first-order valence-electron chi connectivity index (χ1n) is 7.02. The molecule has 9 heteroatoms. The van der Waals surface area contributed by atoms with Crippen molar-refractivity contribution in [2.24, 2.45) is 11.1 Å². The van der Waals surface area contributed by atoms with Crippen LogP contribution in [0.3, 0.4) is 0 Å². The van der Waals surface area contributed by atoms with Crippen LogP contribution in [0, 0.1) is 12.8 Å². The molecule has 2 aromatic rings. The van der Waals surface area contributed by atoms with Crippen LogP contribution in [0.25, 0.3) is 10.9 Å². The Labute approximate surface area is 129 Å². The van der Waals surface area contributed by atoms with Gasteiger partial charge in [-0.25, -0.2) is 19.8 Å². The summed E-state index contributed by atoms with van der Waals surface area (Å²) in [6.45, 7) is 4.00. The summed E-state index contributed by atoms with van der Waals surface area (Å²) < 4.78 is 23.9. The minimum atomic E-state index is -3.59. The normalized spacial score (nSPS) is 16.0. The number of pyridine rings is 1. The van der Waals surface area contributed by atoms with E-state index in [1.807, 2.05) is 13.0 Å². The molecule has 0 amide bonds. The van der Waals surface area contributed by atoms with Gasteiger partial charge in [-0.3, -0.25) is 4.98 Å². The fourth-order valence-corrected chi connectivity index (χ4v) is 3.03. The van der Waals surface area contributed by atoms with Gasteiger partial charge in [0.2, 0.25) is 0 Å². The van der Waals surface area contributed by atoms with Crippen LogP contribution in [0.15, 0.2) is 18.6 Å². The van der Waals surface area contributed by atoms with Crippen molar-refractivity contribution in [3.8, 4) is 0 Å². The molecule has 3 N–H and O–H groups in total. The van der Waals surface area contributed by atoms with Crippen molar-refractivity contribution in [3.63, 3.8) is 0 Å². The standard InChI is InChI=1S/C13H18N6O2S/c1-9-4-11-12(5-15-9)16-8-17-13(11)19-6-10(7-19)2-3-18-22(14,20)21/h4-5,8,10,18H,2-3,6-7H2,1H3,(H2,14,20,21). The average Bonchev–Trinajstić information content (AvgIpc) is 2.40. The molecule has 0 atom stereocenters. The molecule has 1 aliphatic rings. The number of nitrogens with two attached hydrogens (primary N) is 1. The average molecular weight is 322 g/mol. The zero-order valence-corrected chi connectivity index (χ0v) is 13.0. The lowest BCUT2D eigenvalue weighted by molar-refractivity contribution is 0.382. The predicted octanol–water partition coefficient (Wildman–Crippen LogP) is -0.0474. The molecule has 1 fully saturated rings. The lowest BCUT2D eigenvalue weighted by Crippen LogP contribution is -2.48. The maximum absolute atomic E-state index is 10.8. The van der Waals surface area contributed by atoms with Gasteiger partial charge in [0, 0.05) is 30.7 Å². The predicted molar refractivity (Wildman–Crippen MR) is 83.5 cm³/mol. The van der Waals surface area contributed by atoms with Crippen molar-refractivity contribution in [2.45, 2.75) is 13.3 Å². The van der Waals surface area contributed by atoms with E-state index in [9.17, 15) is 8.42 Å². The van der Waals surface area contributed by atoms with Crippen molar-refractivity contribution in [2.75, 3.05) is 24.5 Å². The molecule has 3 heterocycles. The topological polar surface area (TPSA) is 114 Å². The Hall–Kier alpha value is -1.84. The summed E-state index contributed by atoms with van der Waals surface area (Å²) in [5, 5.41) is 5.90. The van der Waals surface area contributed by atoms with Gasteiger partial charge in [0.25, 0.3) is 10.2 Å². The molecule has 0 unspecified atom stereocenters. The van der Waals surface area contributed by atoms with E-state index < -0.39 is 10.2 Å². The number of nitrogens with zero attached hydrogens (tertiary/aromatic N) is 4. The van der Waals surface area contributed by atoms with Crippen LogP contribution >= 0.6 is 0 Å². The molecule has 3 rings (SSSR count). The SMILES string of the molecule is Cc1cc2c(N3CC(CCNS(N)(=O)=O)C3)ncnc2cn1. The van der Waals surface area contributed by atoms with Gasteiger partial charge in [0.05, 0.1) is 11.7 Å². The zero-order valence-electron chi connectivity index (χ0n) is 12.2. The van der Waals surface area contributed by atoms with Crippen molar-refractivity contribution in [1.82, 2.24) is 19.7 Å². The van der Waals surface area contributed by atoms with E-state index in [0.717, 1.165) is 41.9 Å². The largest absolute Gasteiger partial charge is 0.355 e. The summed E-state index contributed by atoms with van der Waals surface area (Å²) in [6, 6.07) is 1.99. The highest BCUT2D eigenvalue weighted by atomic mass is 32.2. The first-order valence-corrected chi connectivity index (χ1v) is 8.57. The first kappa shape index (κ1) is 15.1. The Morgan fingerprint density at radius 2 is 2.14 bits per heavy atom. The summed E-state index contributed by atoms with van der Waals surface area (Å²) >= 11 is 0. The molecule has 1 aliphatic heterocycles. The van der Waals surface area contributed by atoms with Gasteiger partial charge in [-0.2, -0.15) is 8.42 Å². The molecule has 0 spiro atoms. The van der Waals surface area contributed by atoms with Crippen molar-refractivity contribution in [1.29, 1.82) is 0 Å². The molecule has 118 valence electrons. The second-order valence-corrected chi connectivity index (χ2v) is 6.92. The number of nitrogens with one attached hydrogen (secondary N) is 1. The molecule has 8 nitrogen and oxygen atoms in total. The second kappa shape index (κ2) is 5.75. The minimum Gasteiger partial charge on any atom is -0.355 e. The highest BCUT2D eigenvalue weighted by Gasteiger charge is 2.28. The minimum absolute atomic E-state index is 0.366. The third-order valence-electron chi connectivity index (χ3n) is 3.75. The van der Waals surface area contributed by atoms with Gasteiger partial charge in [-0.15, -0.1) is 0 Å². The van der Waals surface area contributed by atoms with Crippen LogP contribution in [0.5, 0.6) is 0 Å². The number of hydrogen-bond acceptors (Lipinski definition) is 6. The van der Waals surface area contributed by atoms with Crippen LogP contribution in [0.1, 0.15) is 12.1 Å². The van der Waals surface area contributed by atoms with Crippen LogP contribution in [0.4, 0.5) is 5.82 Å². The second-order valence-electron chi connectivity index (χ2n) is 5.54. The highest BCUT2D eigenvalue weighted by molar-refractivity contribution is 7.87. The van der Waals surface area contributed by atoms with E-state index in [2.05, 4.69) is 24.6 Å². The lowest BCUT2D eigenvalue weighted by atomic mass is 9.96. The maximum Gasteiger partial charge on any atom is 0.274 e. The van der Waals surface area contributed by atoms with Crippen molar-refractivity contribution in [3.05, 3.63) is 24.3 Å². The van der Waals surface area contributed by atoms with E-state index in [-0.39, 0.29) is 0 Å². The molecule has 2 aromatic heterocycles. The Kier molecular flexibility index (Phi) is 3.94. The van der Waals surface area contributed by atoms with Gasteiger partial charge >= 0.3 is 0 Å². The van der Waals surface area contributed by atoms with Gasteiger partial charge in [0.15, 0.2) is 0 Å². The molecule has 0 bridgehead atoms. The van der Waals surface area contributed by atoms with Gasteiger partial charge in [-0.05, 0) is 25.3 Å². The van der Waals surface area contributed by atoms with Gasteiger partial charge in [-0.1, -0.05) is 0 Å². The van der Waals surface area contributed by atoms with E-state index in [1.165, 1.54) is 0 Å². The maximum atomic E-state index is 10.8. The van der Waals surface area contributed by atoms with Crippen molar-refractivity contribution >= 4 is 26.9 Å². The zero-order chi connectivity index (χ0) is 15.7. The molecular weight excluding hydrogens is 304 g/mol. The van der Waals surface area contributed by atoms with E-state index in [4.69, 9.17) is 5.14 Å². The van der Waals surface area contributed by atoms with Crippen LogP contribution in [0.2, 0.25) is 0 Å². The van der Waals surface area contributed by atoms with E-state index >= 15 is 0 Å². The first-order chi connectivity index (χ1) is 10.4. The summed E-state index contributed by atoms with van der Waals surface area (Å²) in [4.78, 5) is 15.0. The molecule has 0 saturated carbocycles. The Morgan fingerprint density at radius 3 is 2.86 bits per heavy atom. The molecule has 1 saturated heterocycles. The molecule has 0 aromatic carbocycles. The summed E-state index contributed by atoms with van der Waals surface area (Å²) in [5.74, 6) is 1.34. The summed E-state index contributed by atoms with van der Waals surface area (Å²) in [7, 11) is -3.59. The Balaban J connectivity index is 1.64. The quantitative estimate of drug-likeness (QED) is 0.798. The van der Waals surface area contributed by atoms with Gasteiger partial charge < -0.3 is 4.90 Å². The number of hydrogen-bond donors (Lipinski definition) is 2. The fourth-order valence-electron chi connectivity index (χ4n) is 2.63. The van der Waals surface area contributed by atoms with E-state index in [0.29, 0.717) is 12.5 Å². The number of rotatable bonds is 5. The highest BCUT2D eigenvalue weighted by Crippen LogP contribution is 2.29. The number of aromatic nitrogens is 3. The fraction of sp³-hybridized carbons (Fsp3) is 0.462. The monoisotopic (exact) mass is 322 g/mol. The third kappa shape index (κ3) is 3.32. The number of anilines is 1. The molecule has 0 aliphatic carbocycles. The number of fused-ring (bicyclic) bond motifs is 1. The van der Waals surface area contributed by atoms with Crippen molar-refractivity contribution < 1.29 is 8.42 Å². The van der Waals surface area contributed by atoms with E-state index in [1.54, 1.807) is 12.5 Å². The lowest BCUT2D eigenvalue weighted by Gasteiger charge is -2.40. The van der Waals surface area contributed by atoms with Crippen LogP contribution in [-0.4, -0.2) is 43.0 Å². The molecule has 0 radical (unpaired) electrons. The third-order valence-corrected chi connectivity index (χ3v) is 4.36. The molecular formula is C13H18N6O2S.